The summed E-state index contributed by atoms with van der Waals surface area (Å²) in [4.78, 5) is 24.5. The molecule has 0 aliphatic rings. The highest BCUT2D eigenvalue weighted by Gasteiger charge is 2.13. The van der Waals surface area contributed by atoms with E-state index < -0.39 is 5.97 Å². The Morgan fingerprint density at radius 1 is 1.33 bits per heavy atom. The molecule has 2 N–H and O–H groups in total. The van der Waals surface area contributed by atoms with E-state index in [2.05, 4.69) is 5.32 Å². The van der Waals surface area contributed by atoms with Gasteiger partial charge in [0.05, 0.1) is 17.8 Å². The van der Waals surface area contributed by atoms with Gasteiger partial charge in [-0.25, -0.2) is 4.79 Å². The number of aromatic carboxylic acids is 1. The summed E-state index contributed by atoms with van der Waals surface area (Å²) >= 11 is 0. The van der Waals surface area contributed by atoms with Crippen LogP contribution in [0.1, 0.15) is 22.8 Å². The van der Waals surface area contributed by atoms with Crippen molar-refractivity contribution in [1.29, 1.82) is 0 Å². The molecule has 0 saturated carbocycles. The van der Waals surface area contributed by atoms with Crippen molar-refractivity contribution in [2.45, 2.75) is 13.3 Å². The summed E-state index contributed by atoms with van der Waals surface area (Å²) < 4.78 is 0. The number of hydrogen-bond acceptors (Lipinski definition) is 3. The van der Waals surface area contributed by atoms with E-state index in [1.165, 1.54) is 0 Å². The maximum absolute atomic E-state index is 11.6. The number of nitrogens with one attached hydrogen (secondary N) is 1. The molecular weight excluding hydrogens is 232 g/mol. The number of amides is 1. The number of rotatable bonds is 5. The molecule has 98 valence electrons. The first-order valence-electron chi connectivity index (χ1n) is 5.74. The molecule has 0 aliphatic heterocycles. The molecule has 0 aromatic heterocycles. The van der Waals surface area contributed by atoms with E-state index in [1.807, 2.05) is 13.0 Å². The molecule has 0 radical (unpaired) electrons. The number of likely N-dealkylation sites (N-methyl/N-ethyl adjacent to an activating group) is 1. The van der Waals surface area contributed by atoms with Crippen molar-refractivity contribution in [3.63, 3.8) is 0 Å². The average molecular weight is 250 g/mol. The van der Waals surface area contributed by atoms with Crippen molar-refractivity contribution in [2.75, 3.05) is 26.0 Å². The van der Waals surface area contributed by atoms with Crippen LogP contribution in [0.15, 0.2) is 18.2 Å². The molecule has 0 spiro atoms. The van der Waals surface area contributed by atoms with Crippen LogP contribution in [0.25, 0.3) is 0 Å². The lowest BCUT2D eigenvalue weighted by atomic mass is 10.1. The van der Waals surface area contributed by atoms with Gasteiger partial charge < -0.3 is 15.3 Å². The predicted octanol–water partition coefficient (Wildman–Crippen LogP) is 1.45. The van der Waals surface area contributed by atoms with E-state index in [1.54, 1.807) is 31.1 Å². The van der Waals surface area contributed by atoms with Gasteiger partial charge in [0, 0.05) is 0 Å². The van der Waals surface area contributed by atoms with Crippen LogP contribution in [0.5, 0.6) is 0 Å². The van der Waals surface area contributed by atoms with Crippen molar-refractivity contribution in [2.24, 2.45) is 0 Å². The summed E-state index contributed by atoms with van der Waals surface area (Å²) in [5.74, 6) is -1.27. The second-order valence-electron chi connectivity index (χ2n) is 4.32. The number of nitrogens with zero attached hydrogens (tertiary/aromatic N) is 1. The molecule has 1 rings (SSSR count). The summed E-state index contributed by atoms with van der Waals surface area (Å²) in [7, 11) is 3.55. The Hall–Kier alpha value is -1.88. The maximum Gasteiger partial charge on any atom is 0.337 e. The van der Waals surface area contributed by atoms with Gasteiger partial charge in [-0.2, -0.15) is 0 Å². The third kappa shape index (κ3) is 3.85. The number of carboxylic acid groups (broad SMARTS) is 1. The number of anilines is 1. The van der Waals surface area contributed by atoms with Crippen LogP contribution < -0.4 is 5.32 Å². The minimum absolute atomic E-state index is 0.126. The zero-order valence-corrected chi connectivity index (χ0v) is 10.9. The highest BCUT2D eigenvalue weighted by Crippen LogP contribution is 2.18. The van der Waals surface area contributed by atoms with Gasteiger partial charge in [0.2, 0.25) is 5.91 Å². The first-order valence-corrected chi connectivity index (χ1v) is 5.74. The zero-order chi connectivity index (χ0) is 13.7. The Bertz CT molecular complexity index is 456. The summed E-state index contributed by atoms with van der Waals surface area (Å²) in [5, 5.41) is 11.7. The van der Waals surface area contributed by atoms with E-state index in [4.69, 9.17) is 5.11 Å². The normalized spacial score (nSPS) is 10.4. The summed E-state index contributed by atoms with van der Waals surface area (Å²) in [6, 6.07) is 5.04. The summed E-state index contributed by atoms with van der Waals surface area (Å²) in [5.41, 5.74) is 1.39. The van der Waals surface area contributed by atoms with Gasteiger partial charge in [0.1, 0.15) is 0 Å². The van der Waals surface area contributed by atoms with Crippen molar-refractivity contribution >= 4 is 17.6 Å². The van der Waals surface area contributed by atoms with Crippen molar-refractivity contribution < 1.29 is 14.7 Å². The number of carbonyl (C=O) groups excluding carboxylic acids is 1. The highest BCUT2D eigenvalue weighted by atomic mass is 16.4. The van der Waals surface area contributed by atoms with E-state index in [0.29, 0.717) is 5.69 Å². The minimum Gasteiger partial charge on any atom is -0.478 e. The van der Waals surface area contributed by atoms with E-state index in [0.717, 1.165) is 12.0 Å². The fourth-order valence-electron chi connectivity index (χ4n) is 1.57. The standard InChI is InChI=1S/C13H18N2O3/c1-4-9-5-6-11(10(7-9)13(17)18)14-12(16)8-15(2)3/h5-7H,4,8H2,1-3H3,(H,14,16)(H,17,18). The number of hydrogen-bond donors (Lipinski definition) is 2. The predicted molar refractivity (Wildman–Crippen MR) is 70.0 cm³/mol. The van der Waals surface area contributed by atoms with Crippen molar-refractivity contribution in [3.05, 3.63) is 29.3 Å². The van der Waals surface area contributed by atoms with Crippen LogP contribution in [-0.4, -0.2) is 42.5 Å². The Morgan fingerprint density at radius 3 is 2.50 bits per heavy atom. The molecule has 0 heterocycles. The summed E-state index contributed by atoms with van der Waals surface area (Å²) in [6.07, 6.45) is 0.756. The molecule has 1 aromatic rings. The van der Waals surface area contributed by atoms with Crippen LogP contribution in [0, 0.1) is 0 Å². The molecule has 0 saturated heterocycles. The zero-order valence-electron chi connectivity index (χ0n) is 10.9. The smallest absolute Gasteiger partial charge is 0.337 e. The molecule has 0 fully saturated rings. The minimum atomic E-state index is -1.04. The lowest BCUT2D eigenvalue weighted by molar-refractivity contribution is -0.116. The van der Waals surface area contributed by atoms with Crippen molar-refractivity contribution in [3.8, 4) is 0 Å². The van der Waals surface area contributed by atoms with Gasteiger partial charge in [-0.3, -0.25) is 4.79 Å². The van der Waals surface area contributed by atoms with Gasteiger partial charge in [0.25, 0.3) is 0 Å². The Labute approximate surface area is 106 Å². The molecule has 0 aliphatic carbocycles. The molecule has 0 unspecified atom stereocenters. The third-order valence-electron chi connectivity index (χ3n) is 2.46. The summed E-state index contributed by atoms with van der Waals surface area (Å²) in [6.45, 7) is 2.17. The monoisotopic (exact) mass is 250 g/mol. The lowest BCUT2D eigenvalue weighted by Crippen LogP contribution is -2.27. The van der Waals surface area contributed by atoms with E-state index in [9.17, 15) is 9.59 Å². The number of carboxylic acids is 1. The number of aryl methyl sites for hydroxylation is 1. The van der Waals surface area contributed by atoms with Crippen LogP contribution in [0.4, 0.5) is 5.69 Å². The third-order valence-corrected chi connectivity index (χ3v) is 2.46. The first kappa shape index (κ1) is 14.2. The second-order valence-corrected chi connectivity index (χ2v) is 4.32. The molecule has 5 nitrogen and oxygen atoms in total. The van der Waals surface area contributed by atoms with Gasteiger partial charge >= 0.3 is 5.97 Å². The van der Waals surface area contributed by atoms with E-state index >= 15 is 0 Å². The number of benzene rings is 1. The molecule has 0 atom stereocenters. The second kappa shape index (κ2) is 6.16. The van der Waals surface area contributed by atoms with Gasteiger partial charge in [-0.05, 0) is 38.2 Å². The average Bonchev–Trinajstić information content (AvgIpc) is 2.28. The Morgan fingerprint density at radius 2 is 2.00 bits per heavy atom. The molecule has 0 bridgehead atoms. The SMILES string of the molecule is CCc1ccc(NC(=O)CN(C)C)c(C(=O)O)c1. The largest absolute Gasteiger partial charge is 0.478 e. The molecule has 1 amide bonds. The quantitative estimate of drug-likeness (QED) is 0.829. The molecule has 1 aromatic carbocycles. The first-order chi connectivity index (χ1) is 8.43. The molecule has 5 heteroatoms. The Kier molecular flexibility index (Phi) is 4.85. The van der Waals surface area contributed by atoms with Crippen LogP contribution >= 0.6 is 0 Å². The van der Waals surface area contributed by atoms with Gasteiger partial charge in [-0.15, -0.1) is 0 Å². The van der Waals surface area contributed by atoms with Crippen LogP contribution in [-0.2, 0) is 11.2 Å². The maximum atomic E-state index is 11.6. The van der Waals surface area contributed by atoms with E-state index in [-0.39, 0.29) is 18.0 Å². The fourth-order valence-corrected chi connectivity index (χ4v) is 1.57. The fraction of sp³-hybridized carbons (Fsp3) is 0.385. The molecular formula is C13H18N2O3. The highest BCUT2D eigenvalue weighted by molar-refractivity contribution is 6.01. The van der Waals surface area contributed by atoms with Crippen LogP contribution in [0.3, 0.4) is 0 Å². The van der Waals surface area contributed by atoms with Gasteiger partial charge in [-0.1, -0.05) is 13.0 Å². The Balaban J connectivity index is 2.94. The van der Waals surface area contributed by atoms with Crippen molar-refractivity contribution in [1.82, 2.24) is 4.90 Å². The van der Waals surface area contributed by atoms with Crippen LogP contribution in [0.2, 0.25) is 0 Å². The molecule has 18 heavy (non-hydrogen) atoms. The number of carbonyl (C=O) groups is 2. The van der Waals surface area contributed by atoms with Gasteiger partial charge in [0.15, 0.2) is 0 Å². The topological polar surface area (TPSA) is 69.6 Å². The lowest BCUT2D eigenvalue weighted by Gasteiger charge is -2.12.